The number of ketones is 1. The molecule has 0 N–H and O–H groups in total. The molecule has 0 aromatic heterocycles. The maximum absolute atomic E-state index is 11.9. The molecule has 2 rings (SSSR count). The van der Waals surface area contributed by atoms with E-state index in [1.165, 1.54) is 21.1 Å². The quantitative estimate of drug-likeness (QED) is 0.758. The van der Waals surface area contributed by atoms with Gasteiger partial charge in [-0.15, -0.1) is 0 Å². The minimum absolute atomic E-state index is 0.182. The first-order valence-corrected chi connectivity index (χ1v) is 5.53. The largest absolute Gasteiger partial charge is 0.496 e. The first-order valence-electron chi connectivity index (χ1n) is 5.53. The Morgan fingerprint density at radius 3 is 2.44 bits per heavy atom. The summed E-state index contributed by atoms with van der Waals surface area (Å²) in [4.78, 5) is 23.3. The number of ether oxygens (including phenoxy) is 3. The van der Waals surface area contributed by atoms with Crippen LogP contribution >= 0.6 is 0 Å². The Kier molecular flexibility index (Phi) is 3.23. The number of Topliss-reactive ketones (excluding diaryl/α,β-unsaturated/α-hetero) is 1. The van der Waals surface area contributed by atoms with E-state index in [9.17, 15) is 9.59 Å². The lowest BCUT2D eigenvalue weighted by Crippen LogP contribution is -2.33. The monoisotopic (exact) mass is 250 g/mol. The minimum Gasteiger partial charge on any atom is -0.496 e. The third-order valence-corrected chi connectivity index (χ3v) is 2.97. The molecule has 0 fully saturated rings. The second-order valence-corrected chi connectivity index (χ2v) is 4.03. The first kappa shape index (κ1) is 12.4. The predicted molar refractivity (Wildman–Crippen MR) is 63.1 cm³/mol. The van der Waals surface area contributed by atoms with Gasteiger partial charge >= 0.3 is 5.97 Å². The van der Waals surface area contributed by atoms with Crippen molar-refractivity contribution in [2.45, 2.75) is 19.4 Å². The first-order chi connectivity index (χ1) is 8.58. The molecule has 1 heterocycles. The third-order valence-electron chi connectivity index (χ3n) is 2.97. The van der Waals surface area contributed by atoms with Crippen LogP contribution in [0.25, 0.3) is 0 Å². The van der Waals surface area contributed by atoms with Gasteiger partial charge < -0.3 is 14.2 Å². The number of esters is 1. The van der Waals surface area contributed by atoms with E-state index in [0.717, 1.165) is 0 Å². The van der Waals surface area contributed by atoms with Crippen LogP contribution in [0.15, 0.2) is 12.1 Å². The van der Waals surface area contributed by atoms with E-state index < -0.39 is 12.1 Å². The summed E-state index contributed by atoms with van der Waals surface area (Å²) in [5, 5.41) is 0. The van der Waals surface area contributed by atoms with Gasteiger partial charge in [0.25, 0.3) is 0 Å². The van der Waals surface area contributed by atoms with Gasteiger partial charge in [0.2, 0.25) is 0 Å². The Hall–Kier alpha value is -2.04. The van der Waals surface area contributed by atoms with E-state index >= 15 is 0 Å². The molecule has 0 saturated carbocycles. The summed E-state index contributed by atoms with van der Waals surface area (Å²) in [6.07, 6.45) is -0.428. The van der Waals surface area contributed by atoms with Crippen molar-refractivity contribution >= 4 is 11.8 Å². The van der Waals surface area contributed by atoms with E-state index in [1.54, 1.807) is 12.1 Å². The molecule has 0 amide bonds. The van der Waals surface area contributed by atoms with Crippen LogP contribution in [0.2, 0.25) is 0 Å². The Balaban J connectivity index is 2.56. The molecule has 5 heteroatoms. The maximum atomic E-state index is 11.9. The summed E-state index contributed by atoms with van der Waals surface area (Å²) >= 11 is 0. The average molecular weight is 250 g/mol. The molecule has 1 aliphatic rings. The third kappa shape index (κ3) is 1.92. The number of hydrogen-bond donors (Lipinski definition) is 0. The Bertz CT molecular complexity index is 506. The smallest absolute Gasteiger partial charge is 0.343 e. The lowest BCUT2D eigenvalue weighted by molar-refractivity contribution is -0.125. The van der Waals surface area contributed by atoms with Gasteiger partial charge in [-0.2, -0.15) is 0 Å². The minimum atomic E-state index is -0.744. The molecule has 1 atom stereocenters. The molecule has 1 aromatic rings. The zero-order chi connectivity index (χ0) is 13.3. The fourth-order valence-corrected chi connectivity index (χ4v) is 2.04. The summed E-state index contributed by atoms with van der Waals surface area (Å²) in [5.74, 6) is 0.262. The highest BCUT2D eigenvalue weighted by Gasteiger charge is 2.33. The molecule has 0 saturated heterocycles. The van der Waals surface area contributed by atoms with Crippen molar-refractivity contribution in [3.63, 3.8) is 0 Å². The van der Waals surface area contributed by atoms with Crippen LogP contribution in [0.3, 0.4) is 0 Å². The number of hydrogen-bond acceptors (Lipinski definition) is 5. The molecule has 1 unspecified atom stereocenters. The van der Waals surface area contributed by atoms with E-state index in [4.69, 9.17) is 14.2 Å². The van der Waals surface area contributed by atoms with Gasteiger partial charge in [0.15, 0.2) is 11.9 Å². The number of rotatable bonds is 3. The number of methoxy groups -OCH3 is 2. The van der Waals surface area contributed by atoms with Gasteiger partial charge in [0.1, 0.15) is 17.1 Å². The van der Waals surface area contributed by atoms with Crippen LogP contribution < -0.4 is 9.47 Å². The summed E-state index contributed by atoms with van der Waals surface area (Å²) in [5.41, 5.74) is 1.00. The normalized spacial score (nSPS) is 17.7. The molecule has 0 aliphatic carbocycles. The number of fused-ring (bicyclic) bond motifs is 1. The standard InChI is InChI=1S/C13H14O5/c1-7(14)11-6-8-9(16-2)4-5-10(17-3)12(8)13(15)18-11/h4-5,11H,6H2,1-3H3. The number of carbonyl (C=O) groups excluding carboxylic acids is 2. The maximum Gasteiger partial charge on any atom is 0.343 e. The van der Waals surface area contributed by atoms with Crippen molar-refractivity contribution < 1.29 is 23.8 Å². The molecular weight excluding hydrogens is 236 g/mol. The summed E-state index contributed by atoms with van der Waals surface area (Å²) in [6.45, 7) is 1.40. The van der Waals surface area contributed by atoms with Crippen molar-refractivity contribution in [3.05, 3.63) is 23.3 Å². The van der Waals surface area contributed by atoms with E-state index in [2.05, 4.69) is 0 Å². The van der Waals surface area contributed by atoms with Crippen molar-refractivity contribution in [1.29, 1.82) is 0 Å². The summed E-state index contributed by atoms with van der Waals surface area (Å²) in [6, 6.07) is 3.36. The second kappa shape index (κ2) is 4.68. The van der Waals surface area contributed by atoms with E-state index in [1.807, 2.05) is 0 Å². The summed E-state index contributed by atoms with van der Waals surface area (Å²) < 4.78 is 15.4. The van der Waals surface area contributed by atoms with Crippen molar-refractivity contribution in [1.82, 2.24) is 0 Å². The highest BCUT2D eigenvalue weighted by Crippen LogP contribution is 2.35. The Morgan fingerprint density at radius 2 is 1.89 bits per heavy atom. The van der Waals surface area contributed by atoms with Crippen molar-refractivity contribution in [2.75, 3.05) is 14.2 Å². The Morgan fingerprint density at radius 1 is 1.28 bits per heavy atom. The number of carbonyl (C=O) groups is 2. The zero-order valence-electron chi connectivity index (χ0n) is 10.5. The number of benzene rings is 1. The van der Waals surface area contributed by atoms with Crippen LogP contribution in [0, 0.1) is 0 Å². The Labute approximate surface area is 105 Å². The zero-order valence-corrected chi connectivity index (χ0v) is 10.5. The van der Waals surface area contributed by atoms with Crippen molar-refractivity contribution in [2.24, 2.45) is 0 Å². The van der Waals surface area contributed by atoms with Crippen LogP contribution in [-0.4, -0.2) is 32.1 Å². The molecule has 5 nitrogen and oxygen atoms in total. The average Bonchev–Trinajstić information content (AvgIpc) is 2.37. The van der Waals surface area contributed by atoms with E-state index in [-0.39, 0.29) is 5.78 Å². The summed E-state index contributed by atoms with van der Waals surface area (Å²) in [7, 11) is 3.00. The van der Waals surface area contributed by atoms with Gasteiger partial charge in [0.05, 0.1) is 14.2 Å². The molecule has 1 aromatic carbocycles. The topological polar surface area (TPSA) is 61.8 Å². The highest BCUT2D eigenvalue weighted by molar-refractivity contribution is 5.99. The van der Waals surface area contributed by atoms with Gasteiger partial charge in [-0.1, -0.05) is 0 Å². The van der Waals surface area contributed by atoms with E-state index in [0.29, 0.717) is 29.0 Å². The molecule has 0 radical (unpaired) electrons. The molecule has 0 spiro atoms. The highest BCUT2D eigenvalue weighted by atomic mass is 16.6. The van der Waals surface area contributed by atoms with Crippen LogP contribution in [0.5, 0.6) is 11.5 Å². The van der Waals surface area contributed by atoms with Gasteiger partial charge in [0, 0.05) is 12.0 Å². The fraction of sp³-hybridized carbons (Fsp3) is 0.385. The predicted octanol–water partition coefficient (Wildman–Crippen LogP) is 1.37. The molecule has 18 heavy (non-hydrogen) atoms. The molecule has 1 aliphatic heterocycles. The number of cyclic esters (lactones) is 1. The van der Waals surface area contributed by atoms with Gasteiger partial charge in [-0.3, -0.25) is 4.79 Å². The second-order valence-electron chi connectivity index (χ2n) is 4.03. The van der Waals surface area contributed by atoms with Crippen LogP contribution in [0.4, 0.5) is 0 Å². The van der Waals surface area contributed by atoms with Crippen molar-refractivity contribution in [3.8, 4) is 11.5 Å². The van der Waals surface area contributed by atoms with Gasteiger partial charge in [-0.05, 0) is 19.1 Å². The molecule has 0 bridgehead atoms. The SMILES string of the molecule is COc1ccc(OC)c2c1CC(C(C)=O)OC2=O. The molecule has 96 valence electrons. The van der Waals surface area contributed by atoms with Crippen LogP contribution in [-0.2, 0) is 16.0 Å². The fourth-order valence-electron chi connectivity index (χ4n) is 2.04. The lowest BCUT2D eigenvalue weighted by atomic mass is 9.95. The molecular formula is C13H14O5. The van der Waals surface area contributed by atoms with Crippen LogP contribution in [0.1, 0.15) is 22.8 Å². The lowest BCUT2D eigenvalue weighted by Gasteiger charge is -2.25. The van der Waals surface area contributed by atoms with Gasteiger partial charge in [-0.25, -0.2) is 4.79 Å².